The Morgan fingerprint density at radius 3 is 2.27 bits per heavy atom. The van der Waals surface area contributed by atoms with Gasteiger partial charge in [0.2, 0.25) is 15.5 Å². The van der Waals surface area contributed by atoms with Crippen LogP contribution < -0.4 is 5.43 Å². The Bertz CT molecular complexity index is 1200. The van der Waals surface area contributed by atoms with Gasteiger partial charge in [0.25, 0.3) is 5.91 Å². The third kappa shape index (κ3) is 4.60. The summed E-state index contributed by atoms with van der Waals surface area (Å²) in [6.07, 6.45) is 4.37. The molecular formula is C25H35N3O4S. The number of aryl methyl sites for hydroxylation is 1. The predicted molar refractivity (Wildman–Crippen MR) is 130 cm³/mol. The molecule has 2 aliphatic heterocycles. The van der Waals surface area contributed by atoms with E-state index in [0.29, 0.717) is 56.0 Å². The predicted octanol–water partition coefficient (Wildman–Crippen LogP) is 3.56. The van der Waals surface area contributed by atoms with Crippen LogP contribution in [0, 0.1) is 17.8 Å². The number of likely N-dealkylation sites (tertiary alicyclic amines) is 1. The fourth-order valence-corrected chi connectivity index (χ4v) is 6.82. The van der Waals surface area contributed by atoms with Crippen molar-refractivity contribution in [1.29, 1.82) is 0 Å². The lowest BCUT2D eigenvalue weighted by Crippen LogP contribution is -2.44. The summed E-state index contributed by atoms with van der Waals surface area (Å²) in [5.41, 5.74) is 0.368. The van der Waals surface area contributed by atoms with Crippen LogP contribution in [-0.4, -0.2) is 54.3 Å². The van der Waals surface area contributed by atoms with E-state index in [1.54, 1.807) is 23.2 Å². The first-order valence-corrected chi connectivity index (χ1v) is 13.5. The average Bonchev–Trinajstić information content (AvgIpc) is 2.78. The Kier molecular flexibility index (Phi) is 6.69. The molecule has 0 bridgehead atoms. The largest absolute Gasteiger partial charge is 0.347 e. The normalized spacial score (nSPS) is 23.2. The van der Waals surface area contributed by atoms with Crippen LogP contribution in [0.1, 0.15) is 57.3 Å². The molecule has 2 fully saturated rings. The third-order valence-corrected chi connectivity index (χ3v) is 9.05. The van der Waals surface area contributed by atoms with Crippen molar-refractivity contribution < 1.29 is 13.2 Å². The smallest absolute Gasteiger partial charge is 0.259 e. The van der Waals surface area contributed by atoms with E-state index in [4.69, 9.17) is 0 Å². The van der Waals surface area contributed by atoms with Crippen molar-refractivity contribution in [3.8, 4) is 0 Å². The van der Waals surface area contributed by atoms with Gasteiger partial charge in [-0.2, -0.15) is 4.31 Å². The fourth-order valence-electron chi connectivity index (χ4n) is 5.32. The molecule has 0 N–H and O–H groups in total. The third-order valence-electron chi connectivity index (χ3n) is 7.16. The van der Waals surface area contributed by atoms with Gasteiger partial charge in [-0.25, -0.2) is 8.42 Å². The number of sulfonamides is 1. The molecule has 0 unspecified atom stereocenters. The van der Waals surface area contributed by atoms with Gasteiger partial charge in [-0.3, -0.25) is 9.59 Å². The fraction of sp³-hybridized carbons (Fsp3) is 0.600. The van der Waals surface area contributed by atoms with Gasteiger partial charge in [0.1, 0.15) is 5.56 Å². The van der Waals surface area contributed by atoms with E-state index in [1.807, 2.05) is 11.5 Å². The van der Waals surface area contributed by atoms with Gasteiger partial charge in [0, 0.05) is 44.3 Å². The number of aromatic nitrogens is 1. The highest BCUT2D eigenvalue weighted by Gasteiger charge is 2.30. The second kappa shape index (κ2) is 9.22. The molecule has 0 saturated carbocycles. The van der Waals surface area contributed by atoms with Gasteiger partial charge in [-0.1, -0.05) is 20.8 Å². The van der Waals surface area contributed by atoms with Crippen LogP contribution in [-0.2, 0) is 16.6 Å². The number of benzene rings is 1. The standard InChI is InChI=1S/C25H35N3O4S/c1-5-26-16-22(25(30)27-14-18(3)12-19(4)15-27)24(29)21-13-20(6-7-23(21)26)33(31,32)28-10-8-17(2)9-11-28/h6-7,13,16-19H,5,8-12,14-15H2,1-4H3/t18-,19-/m1/s1. The van der Waals surface area contributed by atoms with E-state index in [-0.39, 0.29) is 21.8 Å². The van der Waals surface area contributed by atoms with E-state index in [0.717, 1.165) is 19.3 Å². The number of amides is 1. The molecule has 2 atom stereocenters. The molecular weight excluding hydrogens is 438 g/mol. The first-order valence-electron chi connectivity index (χ1n) is 12.1. The summed E-state index contributed by atoms with van der Waals surface area (Å²) < 4.78 is 29.9. The number of hydrogen-bond acceptors (Lipinski definition) is 4. The van der Waals surface area contributed by atoms with Gasteiger partial charge in [-0.15, -0.1) is 0 Å². The number of rotatable bonds is 4. The van der Waals surface area contributed by atoms with Gasteiger partial charge in [0.05, 0.1) is 10.4 Å². The maximum Gasteiger partial charge on any atom is 0.259 e. The van der Waals surface area contributed by atoms with Crippen molar-refractivity contribution in [2.75, 3.05) is 26.2 Å². The molecule has 3 heterocycles. The molecule has 0 radical (unpaired) electrons. The highest BCUT2D eigenvalue weighted by molar-refractivity contribution is 7.89. The van der Waals surface area contributed by atoms with Crippen LogP contribution in [0.3, 0.4) is 0 Å². The summed E-state index contributed by atoms with van der Waals surface area (Å²) in [7, 11) is -3.69. The second-order valence-electron chi connectivity index (χ2n) is 10.1. The summed E-state index contributed by atoms with van der Waals surface area (Å²) >= 11 is 0. The maximum atomic E-state index is 13.5. The minimum Gasteiger partial charge on any atom is -0.347 e. The monoisotopic (exact) mass is 473 g/mol. The Morgan fingerprint density at radius 1 is 1.03 bits per heavy atom. The zero-order valence-corrected chi connectivity index (χ0v) is 20.9. The van der Waals surface area contributed by atoms with Crippen LogP contribution in [0.15, 0.2) is 34.1 Å². The average molecular weight is 474 g/mol. The summed E-state index contributed by atoms with van der Waals surface area (Å²) in [6.45, 7) is 11.1. The Hall–Kier alpha value is -2.19. The zero-order chi connectivity index (χ0) is 23.9. The molecule has 0 spiro atoms. The molecule has 180 valence electrons. The summed E-state index contributed by atoms with van der Waals surface area (Å²) in [6, 6.07) is 4.74. The van der Waals surface area contributed by atoms with Crippen molar-refractivity contribution in [1.82, 2.24) is 13.8 Å². The minimum atomic E-state index is -3.69. The molecule has 0 aliphatic carbocycles. The van der Waals surface area contributed by atoms with E-state index in [9.17, 15) is 18.0 Å². The SMILES string of the molecule is CCn1cc(C(=O)N2C[C@H](C)C[C@@H](C)C2)c(=O)c2cc(S(=O)(=O)N3CCC(C)CC3)ccc21. The van der Waals surface area contributed by atoms with E-state index in [1.165, 1.54) is 10.4 Å². The van der Waals surface area contributed by atoms with Gasteiger partial charge < -0.3 is 9.47 Å². The first kappa shape index (κ1) is 24.0. The molecule has 4 rings (SSSR count). The molecule has 1 amide bonds. The Labute approximate surface area is 196 Å². The van der Waals surface area contributed by atoms with E-state index >= 15 is 0 Å². The molecule has 2 aliphatic rings. The van der Waals surface area contributed by atoms with Gasteiger partial charge in [-0.05, 0) is 62.1 Å². The lowest BCUT2D eigenvalue weighted by molar-refractivity contribution is 0.0621. The molecule has 2 aromatic rings. The van der Waals surface area contributed by atoms with Crippen LogP contribution >= 0.6 is 0 Å². The molecule has 33 heavy (non-hydrogen) atoms. The van der Waals surface area contributed by atoms with Crippen LogP contribution in [0.5, 0.6) is 0 Å². The van der Waals surface area contributed by atoms with Crippen LogP contribution in [0.2, 0.25) is 0 Å². The first-order chi connectivity index (χ1) is 15.6. The Balaban J connectivity index is 1.77. The summed E-state index contributed by atoms with van der Waals surface area (Å²) in [5.74, 6) is 1.02. The maximum absolute atomic E-state index is 13.5. The highest BCUT2D eigenvalue weighted by atomic mass is 32.2. The molecule has 8 heteroatoms. The van der Waals surface area contributed by atoms with Gasteiger partial charge >= 0.3 is 0 Å². The summed E-state index contributed by atoms with van der Waals surface area (Å²) in [5, 5.41) is 0.284. The highest BCUT2D eigenvalue weighted by Crippen LogP contribution is 2.26. The summed E-state index contributed by atoms with van der Waals surface area (Å²) in [4.78, 5) is 28.7. The number of fused-ring (bicyclic) bond motifs is 1. The minimum absolute atomic E-state index is 0.118. The van der Waals surface area contributed by atoms with Crippen molar-refractivity contribution in [3.05, 3.63) is 40.2 Å². The molecule has 2 saturated heterocycles. The molecule has 1 aromatic carbocycles. The quantitative estimate of drug-likeness (QED) is 0.680. The topological polar surface area (TPSA) is 79.7 Å². The number of carbonyl (C=O) groups is 1. The number of pyridine rings is 1. The van der Waals surface area contributed by atoms with Crippen molar-refractivity contribution >= 4 is 26.8 Å². The van der Waals surface area contributed by atoms with Gasteiger partial charge in [0.15, 0.2) is 0 Å². The van der Waals surface area contributed by atoms with Crippen LogP contribution in [0.4, 0.5) is 0 Å². The molecule has 7 nitrogen and oxygen atoms in total. The Morgan fingerprint density at radius 2 is 1.67 bits per heavy atom. The van der Waals surface area contributed by atoms with E-state index < -0.39 is 15.5 Å². The lowest BCUT2D eigenvalue weighted by atomic mass is 9.91. The number of hydrogen-bond donors (Lipinski definition) is 0. The lowest BCUT2D eigenvalue weighted by Gasteiger charge is -2.35. The molecule has 1 aromatic heterocycles. The van der Waals surface area contributed by atoms with E-state index in [2.05, 4.69) is 20.8 Å². The van der Waals surface area contributed by atoms with Crippen molar-refractivity contribution in [2.45, 2.75) is 58.4 Å². The number of nitrogens with zero attached hydrogens (tertiary/aromatic N) is 3. The zero-order valence-electron chi connectivity index (χ0n) is 20.1. The van der Waals surface area contributed by atoms with Crippen molar-refractivity contribution in [2.24, 2.45) is 17.8 Å². The number of carbonyl (C=O) groups excluding carboxylic acids is 1. The second-order valence-corrected chi connectivity index (χ2v) is 12.0. The number of piperidine rings is 2. The van der Waals surface area contributed by atoms with Crippen LogP contribution in [0.25, 0.3) is 10.9 Å². The van der Waals surface area contributed by atoms with Crippen molar-refractivity contribution in [3.63, 3.8) is 0 Å².